The van der Waals surface area contributed by atoms with E-state index < -0.39 is 6.04 Å². The monoisotopic (exact) mass is 438 g/mol. The van der Waals surface area contributed by atoms with Gasteiger partial charge in [0.25, 0.3) is 5.91 Å². The molecule has 170 valence electrons. The summed E-state index contributed by atoms with van der Waals surface area (Å²) in [4.78, 5) is 39.9. The lowest BCUT2D eigenvalue weighted by Crippen LogP contribution is -2.49. The summed E-state index contributed by atoms with van der Waals surface area (Å²) in [6.45, 7) is 3.15. The number of ether oxygens (including phenoxy) is 1. The summed E-state index contributed by atoms with van der Waals surface area (Å²) >= 11 is 0. The summed E-state index contributed by atoms with van der Waals surface area (Å²) in [5, 5.41) is 5.65. The number of carbonyl (C=O) groups excluding carboxylic acids is 3. The van der Waals surface area contributed by atoms with Crippen molar-refractivity contribution in [3.05, 3.63) is 59.7 Å². The van der Waals surface area contributed by atoms with Crippen LogP contribution in [-0.4, -0.2) is 48.4 Å². The molecule has 1 aliphatic heterocycles. The van der Waals surface area contributed by atoms with Gasteiger partial charge in [-0.2, -0.15) is 0 Å². The molecule has 0 bridgehead atoms. The molecule has 1 heterocycles. The predicted octanol–water partition coefficient (Wildman–Crippen LogP) is 2.29. The van der Waals surface area contributed by atoms with E-state index in [0.717, 1.165) is 18.4 Å². The molecule has 1 fully saturated rings. The van der Waals surface area contributed by atoms with Crippen LogP contribution in [0.1, 0.15) is 42.1 Å². The second kappa shape index (κ2) is 11.3. The molecule has 1 saturated heterocycles. The first kappa shape index (κ1) is 23.3. The van der Waals surface area contributed by atoms with Gasteiger partial charge in [-0.1, -0.05) is 18.2 Å². The molecule has 1 unspecified atom stereocenters. The maximum atomic E-state index is 13.1. The number of carbonyl (C=O) groups is 3. The third-order valence-electron chi connectivity index (χ3n) is 5.27. The van der Waals surface area contributed by atoms with E-state index >= 15 is 0 Å². The van der Waals surface area contributed by atoms with E-state index in [0.29, 0.717) is 43.1 Å². The molecule has 3 rings (SSSR count). The third-order valence-corrected chi connectivity index (χ3v) is 5.27. The fourth-order valence-corrected chi connectivity index (χ4v) is 3.68. The summed E-state index contributed by atoms with van der Waals surface area (Å²) in [5.41, 5.74) is 7.62. The summed E-state index contributed by atoms with van der Waals surface area (Å²) in [6, 6.07) is 13.5. The number of hydrogen-bond acceptors (Lipinski definition) is 5. The molecule has 1 aliphatic rings. The lowest BCUT2D eigenvalue weighted by atomic mass is 10.1. The number of nitrogens with two attached hydrogens (primary N) is 1. The van der Waals surface area contributed by atoms with Gasteiger partial charge in [0.2, 0.25) is 11.8 Å². The molecule has 8 nitrogen and oxygen atoms in total. The quantitative estimate of drug-likeness (QED) is 0.585. The first-order chi connectivity index (χ1) is 15.5. The molecule has 4 N–H and O–H groups in total. The van der Waals surface area contributed by atoms with E-state index in [1.165, 1.54) is 4.90 Å². The van der Waals surface area contributed by atoms with Gasteiger partial charge in [0, 0.05) is 24.3 Å². The Balaban J connectivity index is 1.62. The average Bonchev–Trinajstić information content (AvgIpc) is 2.96. The molecule has 2 aromatic carbocycles. The van der Waals surface area contributed by atoms with Crippen molar-refractivity contribution in [3.63, 3.8) is 0 Å². The van der Waals surface area contributed by atoms with Crippen molar-refractivity contribution in [1.82, 2.24) is 10.2 Å². The Labute approximate surface area is 188 Å². The van der Waals surface area contributed by atoms with E-state index in [1.54, 1.807) is 30.3 Å². The molecule has 32 heavy (non-hydrogen) atoms. The number of rotatable bonds is 8. The van der Waals surface area contributed by atoms with Crippen LogP contribution in [-0.2, 0) is 16.1 Å². The van der Waals surface area contributed by atoms with E-state index in [-0.39, 0.29) is 24.3 Å². The van der Waals surface area contributed by atoms with Gasteiger partial charge < -0.3 is 26.0 Å². The minimum atomic E-state index is -0.672. The van der Waals surface area contributed by atoms with Crippen molar-refractivity contribution in [1.29, 1.82) is 0 Å². The van der Waals surface area contributed by atoms with E-state index in [2.05, 4.69) is 10.6 Å². The Hall–Kier alpha value is -3.39. The molecular formula is C24H30N4O4. The predicted molar refractivity (Wildman–Crippen MR) is 122 cm³/mol. The Morgan fingerprint density at radius 3 is 2.75 bits per heavy atom. The van der Waals surface area contributed by atoms with E-state index in [4.69, 9.17) is 10.5 Å². The molecule has 0 aromatic heterocycles. The first-order valence-electron chi connectivity index (χ1n) is 10.9. The zero-order valence-electron chi connectivity index (χ0n) is 18.3. The van der Waals surface area contributed by atoms with Crippen LogP contribution in [0.5, 0.6) is 5.75 Å². The van der Waals surface area contributed by atoms with Crippen LogP contribution < -0.4 is 21.1 Å². The highest BCUT2D eigenvalue weighted by molar-refractivity contribution is 5.99. The van der Waals surface area contributed by atoms with Crippen LogP contribution >= 0.6 is 0 Å². The van der Waals surface area contributed by atoms with Gasteiger partial charge in [-0.3, -0.25) is 14.4 Å². The van der Waals surface area contributed by atoms with Crippen LogP contribution in [0.15, 0.2) is 48.5 Å². The van der Waals surface area contributed by atoms with Crippen LogP contribution in [0.3, 0.4) is 0 Å². The molecule has 0 spiro atoms. The van der Waals surface area contributed by atoms with Crippen molar-refractivity contribution in [3.8, 4) is 5.75 Å². The normalized spacial score (nSPS) is 16.2. The fourth-order valence-electron chi connectivity index (χ4n) is 3.68. The van der Waals surface area contributed by atoms with E-state index in [9.17, 15) is 14.4 Å². The number of likely N-dealkylation sites (tertiary alicyclic amines) is 1. The number of amides is 3. The molecule has 0 aliphatic carbocycles. The summed E-state index contributed by atoms with van der Waals surface area (Å²) in [5.74, 6) is -0.272. The summed E-state index contributed by atoms with van der Waals surface area (Å²) < 4.78 is 5.45. The van der Waals surface area contributed by atoms with Gasteiger partial charge in [0.15, 0.2) is 0 Å². The maximum absolute atomic E-state index is 13.1. The van der Waals surface area contributed by atoms with Crippen molar-refractivity contribution in [2.24, 2.45) is 5.73 Å². The minimum absolute atomic E-state index is 0.0715. The highest BCUT2D eigenvalue weighted by Gasteiger charge is 2.29. The molecule has 0 radical (unpaired) electrons. The number of anilines is 1. The number of nitrogens with one attached hydrogen (secondary N) is 2. The highest BCUT2D eigenvalue weighted by Crippen LogP contribution is 2.16. The molecule has 0 saturated carbocycles. The summed E-state index contributed by atoms with van der Waals surface area (Å²) in [7, 11) is 0. The molecule has 3 amide bonds. The van der Waals surface area contributed by atoms with Crippen LogP contribution in [0.4, 0.5) is 5.69 Å². The second-order valence-corrected chi connectivity index (χ2v) is 7.70. The SMILES string of the molecule is CCOc1cccc(C(=O)NC2CCCCN(CC(=O)Nc3cccc(CN)c3)C2=O)c1. The van der Waals surface area contributed by atoms with Crippen LogP contribution in [0.2, 0.25) is 0 Å². The Morgan fingerprint density at radius 2 is 1.97 bits per heavy atom. The van der Waals surface area contributed by atoms with Gasteiger partial charge in [-0.25, -0.2) is 0 Å². The Kier molecular flexibility index (Phi) is 8.21. The van der Waals surface area contributed by atoms with Crippen molar-refractivity contribution in [2.45, 2.75) is 38.8 Å². The van der Waals surface area contributed by atoms with Crippen molar-refractivity contribution < 1.29 is 19.1 Å². The smallest absolute Gasteiger partial charge is 0.252 e. The van der Waals surface area contributed by atoms with Gasteiger partial charge in [-0.05, 0) is 62.1 Å². The molecule has 1 atom stereocenters. The van der Waals surface area contributed by atoms with Crippen molar-refractivity contribution >= 4 is 23.4 Å². The molecule has 8 heteroatoms. The lowest BCUT2D eigenvalue weighted by molar-refractivity contribution is -0.135. The second-order valence-electron chi connectivity index (χ2n) is 7.70. The number of benzene rings is 2. The maximum Gasteiger partial charge on any atom is 0.252 e. The van der Waals surface area contributed by atoms with Gasteiger partial charge in [0.05, 0.1) is 13.2 Å². The summed E-state index contributed by atoms with van der Waals surface area (Å²) in [6.07, 6.45) is 2.09. The molecular weight excluding hydrogens is 408 g/mol. The minimum Gasteiger partial charge on any atom is -0.494 e. The highest BCUT2D eigenvalue weighted by atomic mass is 16.5. The zero-order valence-corrected chi connectivity index (χ0v) is 18.3. The van der Waals surface area contributed by atoms with Crippen LogP contribution in [0.25, 0.3) is 0 Å². The first-order valence-corrected chi connectivity index (χ1v) is 10.9. The largest absolute Gasteiger partial charge is 0.494 e. The zero-order chi connectivity index (χ0) is 22.9. The van der Waals surface area contributed by atoms with Gasteiger partial charge in [0.1, 0.15) is 11.8 Å². The molecule has 2 aromatic rings. The van der Waals surface area contributed by atoms with E-state index in [1.807, 2.05) is 25.1 Å². The Bertz CT molecular complexity index is 963. The number of hydrogen-bond donors (Lipinski definition) is 3. The van der Waals surface area contributed by atoms with Crippen molar-refractivity contribution in [2.75, 3.05) is 25.0 Å². The lowest BCUT2D eigenvalue weighted by Gasteiger charge is -2.24. The van der Waals surface area contributed by atoms with Gasteiger partial charge >= 0.3 is 0 Å². The average molecular weight is 439 g/mol. The topological polar surface area (TPSA) is 114 Å². The Morgan fingerprint density at radius 1 is 1.16 bits per heavy atom. The van der Waals surface area contributed by atoms with Gasteiger partial charge in [-0.15, -0.1) is 0 Å². The van der Waals surface area contributed by atoms with Crippen LogP contribution in [0, 0.1) is 0 Å². The number of nitrogens with zero attached hydrogens (tertiary/aromatic N) is 1. The third kappa shape index (κ3) is 6.31. The standard InChI is InChI=1S/C24H30N4O4/c1-2-32-20-10-6-8-18(14-20)23(30)27-21-11-3-4-12-28(24(21)31)16-22(29)26-19-9-5-7-17(13-19)15-25/h5-10,13-14,21H,2-4,11-12,15-16,25H2,1H3,(H,26,29)(H,27,30). The fraction of sp³-hybridized carbons (Fsp3) is 0.375.